The molecule has 0 unspecified atom stereocenters. The molecule has 0 spiro atoms. The van der Waals surface area contributed by atoms with Gasteiger partial charge < -0.3 is 20.5 Å². The number of anilines is 1. The molecule has 0 aliphatic heterocycles. The van der Waals surface area contributed by atoms with Gasteiger partial charge in [0.1, 0.15) is 5.75 Å². The lowest BCUT2D eigenvalue weighted by molar-refractivity contribution is -0.392. The number of phenols is 1. The number of nitrogens with one attached hydrogen (secondary N) is 1. The van der Waals surface area contributed by atoms with Gasteiger partial charge in [0.25, 0.3) is 5.91 Å². The Morgan fingerprint density at radius 2 is 2.08 bits per heavy atom. The Balaban J connectivity index is 2.24. The highest BCUT2D eigenvalue weighted by Gasteiger charge is 2.21. The Morgan fingerprint density at radius 3 is 2.68 bits per heavy atom. The fourth-order valence-corrected chi connectivity index (χ4v) is 3.00. The summed E-state index contributed by atoms with van der Waals surface area (Å²) in [4.78, 5) is 22.3. The molecule has 1 amide bonds. The van der Waals surface area contributed by atoms with E-state index in [4.69, 9.17) is 0 Å². The largest absolute Gasteiger partial charge is 0.506 e. The molecule has 11 heteroatoms. The number of carbonyl (C=O) groups excluding carboxylic acids is 1. The van der Waals surface area contributed by atoms with E-state index in [0.29, 0.717) is 5.69 Å². The first-order valence-corrected chi connectivity index (χ1v) is 8.83. The molecule has 0 atom stereocenters. The van der Waals surface area contributed by atoms with Crippen LogP contribution in [-0.4, -0.2) is 39.9 Å². The van der Waals surface area contributed by atoms with Crippen molar-refractivity contribution in [2.45, 2.75) is 25.3 Å². The van der Waals surface area contributed by atoms with Gasteiger partial charge in [-0.25, -0.2) is 8.42 Å². The molecule has 2 aromatic rings. The van der Waals surface area contributed by atoms with Crippen LogP contribution in [0, 0.1) is 17.0 Å². The van der Waals surface area contributed by atoms with Crippen molar-refractivity contribution in [3.8, 4) is 5.75 Å². The Hall–Kier alpha value is -2.95. The van der Waals surface area contributed by atoms with Crippen LogP contribution in [0.3, 0.4) is 0 Å². The number of aryl methyl sites for hydroxylation is 1. The third-order valence-electron chi connectivity index (χ3n) is 3.34. The minimum atomic E-state index is -3.52. The minimum Gasteiger partial charge on any atom is -0.506 e. The number of hydrogen-bond donors (Lipinski definition) is 2. The number of sulfone groups is 1. The molecule has 10 nitrogen and oxygen atoms in total. The molecule has 1 aromatic carbocycles. The van der Waals surface area contributed by atoms with Gasteiger partial charge in [0, 0.05) is 0 Å². The van der Waals surface area contributed by atoms with Crippen molar-refractivity contribution in [2.24, 2.45) is 0 Å². The Morgan fingerprint density at radius 1 is 1.40 bits per heavy atom. The molecule has 0 aliphatic carbocycles. The standard InChI is InChI=1S/C14H16N4O6S/c1-3-25(23,24)10-4-5-12(19)11(7-10)15-13(20)8-17-14(18(21)22)6-9(2)16-17/h4-7,19H,3,8H2,1-2H3,(H,15,20). The van der Waals surface area contributed by atoms with E-state index >= 15 is 0 Å². The summed E-state index contributed by atoms with van der Waals surface area (Å²) >= 11 is 0. The first kappa shape index (κ1) is 18.4. The van der Waals surface area contributed by atoms with Crippen molar-refractivity contribution in [2.75, 3.05) is 11.1 Å². The van der Waals surface area contributed by atoms with Gasteiger partial charge >= 0.3 is 5.82 Å². The van der Waals surface area contributed by atoms with Gasteiger partial charge in [0.2, 0.25) is 0 Å². The molecular formula is C14H16N4O6S. The molecule has 0 fully saturated rings. The van der Waals surface area contributed by atoms with Crippen LogP contribution in [0.15, 0.2) is 29.2 Å². The predicted octanol–water partition coefficient (Wildman–Crippen LogP) is 1.24. The molecule has 0 saturated carbocycles. The number of phenolic OH excluding ortho intramolecular Hbond substituents is 1. The highest BCUT2D eigenvalue weighted by Crippen LogP contribution is 2.27. The number of benzene rings is 1. The number of nitrogens with zero attached hydrogens (tertiary/aromatic N) is 3. The second-order valence-corrected chi connectivity index (χ2v) is 7.47. The predicted molar refractivity (Wildman–Crippen MR) is 88.1 cm³/mol. The summed E-state index contributed by atoms with van der Waals surface area (Å²) in [6.45, 7) is 2.56. The third kappa shape index (κ3) is 4.12. The lowest BCUT2D eigenvalue weighted by Gasteiger charge is -2.09. The summed E-state index contributed by atoms with van der Waals surface area (Å²) in [6, 6.07) is 4.73. The SMILES string of the molecule is CCS(=O)(=O)c1ccc(O)c(NC(=O)Cn2nc(C)cc2[N+](=O)[O-])c1. The summed E-state index contributed by atoms with van der Waals surface area (Å²) in [5.41, 5.74) is 0.268. The Kier molecular flexibility index (Phi) is 5.07. The zero-order valence-electron chi connectivity index (χ0n) is 13.5. The second-order valence-electron chi connectivity index (χ2n) is 5.19. The molecule has 0 aliphatic rings. The number of hydrogen-bond acceptors (Lipinski definition) is 7. The van der Waals surface area contributed by atoms with E-state index in [-0.39, 0.29) is 27.9 Å². The van der Waals surface area contributed by atoms with Gasteiger partial charge in [-0.3, -0.25) is 4.79 Å². The number of aromatic hydroxyl groups is 1. The normalized spacial score (nSPS) is 11.3. The summed E-state index contributed by atoms with van der Waals surface area (Å²) in [5.74, 6) is -1.51. The average Bonchev–Trinajstić information content (AvgIpc) is 2.90. The maximum Gasteiger partial charge on any atom is 0.345 e. The zero-order valence-corrected chi connectivity index (χ0v) is 14.3. The lowest BCUT2D eigenvalue weighted by atomic mass is 10.3. The van der Waals surface area contributed by atoms with Crippen molar-refractivity contribution in [1.29, 1.82) is 0 Å². The maximum absolute atomic E-state index is 12.1. The van der Waals surface area contributed by atoms with E-state index in [1.807, 2.05) is 0 Å². The topological polar surface area (TPSA) is 144 Å². The van der Waals surface area contributed by atoms with Crippen LogP contribution < -0.4 is 5.32 Å². The average molecular weight is 368 g/mol. The van der Waals surface area contributed by atoms with Gasteiger partial charge in [0.05, 0.1) is 28.1 Å². The first-order chi connectivity index (χ1) is 11.6. The van der Waals surface area contributed by atoms with Gasteiger partial charge in [0.15, 0.2) is 16.4 Å². The monoisotopic (exact) mass is 368 g/mol. The number of carbonyl (C=O) groups is 1. The van der Waals surface area contributed by atoms with Crippen molar-refractivity contribution in [3.63, 3.8) is 0 Å². The molecule has 1 aromatic heterocycles. The van der Waals surface area contributed by atoms with Crippen LogP contribution in [0.1, 0.15) is 12.6 Å². The van der Waals surface area contributed by atoms with E-state index in [1.165, 1.54) is 19.1 Å². The van der Waals surface area contributed by atoms with Crippen LogP contribution in [0.4, 0.5) is 11.5 Å². The fraction of sp³-hybridized carbons (Fsp3) is 0.286. The fourth-order valence-electron chi connectivity index (χ4n) is 2.10. The molecule has 25 heavy (non-hydrogen) atoms. The van der Waals surface area contributed by atoms with Crippen molar-refractivity contribution in [3.05, 3.63) is 40.1 Å². The Labute approximate surface area is 143 Å². The summed E-state index contributed by atoms with van der Waals surface area (Å²) in [5, 5.41) is 26.9. The van der Waals surface area contributed by atoms with E-state index in [0.717, 1.165) is 16.8 Å². The minimum absolute atomic E-state index is 0.0518. The maximum atomic E-state index is 12.1. The Bertz CT molecular complexity index is 935. The molecular weight excluding hydrogens is 352 g/mol. The van der Waals surface area contributed by atoms with Crippen LogP contribution >= 0.6 is 0 Å². The van der Waals surface area contributed by atoms with Gasteiger partial charge in [-0.2, -0.15) is 0 Å². The van der Waals surface area contributed by atoms with Crippen LogP contribution in [-0.2, 0) is 21.2 Å². The van der Waals surface area contributed by atoms with E-state index in [2.05, 4.69) is 10.4 Å². The van der Waals surface area contributed by atoms with E-state index in [1.54, 1.807) is 6.92 Å². The van der Waals surface area contributed by atoms with Crippen LogP contribution in [0.5, 0.6) is 5.75 Å². The van der Waals surface area contributed by atoms with Crippen LogP contribution in [0.2, 0.25) is 0 Å². The number of rotatable bonds is 6. The second kappa shape index (κ2) is 6.89. The highest BCUT2D eigenvalue weighted by atomic mass is 32.2. The third-order valence-corrected chi connectivity index (χ3v) is 5.07. The first-order valence-electron chi connectivity index (χ1n) is 7.18. The smallest absolute Gasteiger partial charge is 0.345 e. The number of aromatic nitrogens is 2. The molecule has 2 N–H and O–H groups in total. The van der Waals surface area contributed by atoms with Gasteiger partial charge in [-0.1, -0.05) is 12.0 Å². The van der Waals surface area contributed by atoms with Crippen molar-refractivity contribution < 1.29 is 23.2 Å². The highest BCUT2D eigenvalue weighted by molar-refractivity contribution is 7.91. The van der Waals surface area contributed by atoms with E-state index < -0.39 is 27.2 Å². The molecule has 1 heterocycles. The zero-order chi connectivity index (χ0) is 18.8. The quantitative estimate of drug-likeness (QED) is 0.443. The van der Waals surface area contributed by atoms with Crippen molar-refractivity contribution >= 4 is 27.2 Å². The molecule has 0 radical (unpaired) electrons. The van der Waals surface area contributed by atoms with Gasteiger partial charge in [-0.15, -0.1) is 4.68 Å². The van der Waals surface area contributed by atoms with Gasteiger partial charge in [-0.05, 0) is 30.0 Å². The summed E-state index contributed by atoms with van der Waals surface area (Å²) in [6.07, 6.45) is 0. The molecule has 0 saturated heterocycles. The molecule has 134 valence electrons. The van der Waals surface area contributed by atoms with E-state index in [9.17, 15) is 28.4 Å². The number of nitro groups is 1. The van der Waals surface area contributed by atoms with Crippen molar-refractivity contribution in [1.82, 2.24) is 9.78 Å². The number of amides is 1. The summed E-state index contributed by atoms with van der Waals surface area (Å²) in [7, 11) is -3.52. The molecule has 2 rings (SSSR count). The summed E-state index contributed by atoms with van der Waals surface area (Å²) < 4.78 is 24.7. The lowest BCUT2D eigenvalue weighted by Crippen LogP contribution is -2.20. The molecule has 0 bridgehead atoms. The van der Waals surface area contributed by atoms with Crippen LogP contribution in [0.25, 0.3) is 0 Å².